The summed E-state index contributed by atoms with van der Waals surface area (Å²) in [4.78, 5) is 31.0. The largest absolute Gasteiger partial charge is 0.493 e. The Bertz CT molecular complexity index is 1250. The number of aryl methyl sites for hydroxylation is 1. The molecule has 216 valence electrons. The summed E-state index contributed by atoms with van der Waals surface area (Å²) in [5.41, 5.74) is 3.22. The van der Waals surface area contributed by atoms with Crippen molar-refractivity contribution in [1.29, 1.82) is 0 Å². The monoisotopic (exact) mass is 554 g/mol. The van der Waals surface area contributed by atoms with Gasteiger partial charge in [-0.1, -0.05) is 0 Å². The number of carbonyl (C=O) groups excluding carboxylic acids is 2. The quantitative estimate of drug-likeness (QED) is 0.465. The first kappa shape index (κ1) is 29.1. The van der Waals surface area contributed by atoms with Crippen LogP contribution in [-0.4, -0.2) is 96.6 Å². The molecule has 1 heterocycles. The third kappa shape index (κ3) is 5.82. The van der Waals surface area contributed by atoms with Gasteiger partial charge in [0.1, 0.15) is 0 Å². The van der Waals surface area contributed by atoms with Crippen LogP contribution in [0.3, 0.4) is 0 Å². The van der Waals surface area contributed by atoms with E-state index in [-0.39, 0.29) is 17.9 Å². The fourth-order valence-corrected chi connectivity index (χ4v) is 5.40. The second kappa shape index (κ2) is 13.0. The van der Waals surface area contributed by atoms with Crippen LogP contribution in [0.15, 0.2) is 29.8 Å². The Balaban J connectivity index is 1.57. The van der Waals surface area contributed by atoms with Gasteiger partial charge in [-0.3, -0.25) is 9.59 Å². The number of fused-ring (bicyclic) bond motifs is 1. The van der Waals surface area contributed by atoms with E-state index in [0.717, 1.165) is 29.5 Å². The van der Waals surface area contributed by atoms with Crippen molar-refractivity contribution >= 4 is 17.9 Å². The second-order valence-corrected chi connectivity index (χ2v) is 9.70. The number of amides is 2. The summed E-state index contributed by atoms with van der Waals surface area (Å²) in [6.45, 7) is 1.42. The van der Waals surface area contributed by atoms with Crippen molar-refractivity contribution < 1.29 is 38.0 Å². The zero-order chi connectivity index (χ0) is 28.8. The molecule has 0 bridgehead atoms. The normalized spacial score (nSPS) is 16.9. The highest BCUT2D eigenvalue weighted by Crippen LogP contribution is 2.39. The number of rotatable bonds is 9. The molecule has 1 unspecified atom stereocenters. The number of ether oxygens (including phenoxy) is 6. The zero-order valence-electron chi connectivity index (χ0n) is 24.1. The Labute approximate surface area is 235 Å². The van der Waals surface area contributed by atoms with Gasteiger partial charge >= 0.3 is 0 Å². The molecule has 10 heteroatoms. The first-order chi connectivity index (χ1) is 19.4. The van der Waals surface area contributed by atoms with Crippen LogP contribution in [0.25, 0.3) is 6.08 Å². The number of nitrogens with zero attached hydrogens (tertiary/aromatic N) is 2. The maximum Gasteiger partial charge on any atom is 0.254 e. The van der Waals surface area contributed by atoms with E-state index in [2.05, 4.69) is 0 Å². The highest BCUT2D eigenvalue weighted by molar-refractivity contribution is 5.99. The molecule has 0 spiro atoms. The topological polar surface area (TPSA) is 96.0 Å². The van der Waals surface area contributed by atoms with E-state index >= 15 is 0 Å². The minimum atomic E-state index is -0.300. The van der Waals surface area contributed by atoms with E-state index in [9.17, 15) is 9.59 Å². The number of piperazine rings is 1. The fourth-order valence-electron chi connectivity index (χ4n) is 5.40. The predicted molar refractivity (Wildman–Crippen MR) is 150 cm³/mol. The molecule has 1 saturated heterocycles. The summed E-state index contributed by atoms with van der Waals surface area (Å²) < 4.78 is 32.7. The van der Waals surface area contributed by atoms with Crippen molar-refractivity contribution in [3.63, 3.8) is 0 Å². The molecule has 0 radical (unpaired) electrons. The molecule has 40 heavy (non-hydrogen) atoms. The number of carbonyl (C=O) groups is 2. The van der Waals surface area contributed by atoms with Gasteiger partial charge in [-0.15, -0.1) is 0 Å². The summed E-state index contributed by atoms with van der Waals surface area (Å²) in [7, 11) is 9.36. The molecule has 1 atom stereocenters. The van der Waals surface area contributed by atoms with Gasteiger partial charge in [-0.25, -0.2) is 0 Å². The van der Waals surface area contributed by atoms with Gasteiger partial charge in [0.15, 0.2) is 23.0 Å². The van der Waals surface area contributed by atoms with Gasteiger partial charge in [-0.05, 0) is 60.7 Å². The van der Waals surface area contributed by atoms with Crippen LogP contribution in [0.4, 0.5) is 0 Å². The number of methoxy groups -OCH3 is 6. The SMILES string of the molecule is COCC1CN(C(=O)c2cc(OC)c(OC)c(OC)c2)CCN1C(=O)C1=Cc2cc(OC)c(OC)cc2CCC1. The van der Waals surface area contributed by atoms with Gasteiger partial charge in [0, 0.05) is 37.9 Å². The molecule has 1 fully saturated rings. The average Bonchev–Trinajstić information content (AvgIpc) is 3.20. The molecule has 2 aromatic carbocycles. The maximum absolute atomic E-state index is 13.9. The molecule has 0 saturated carbocycles. The minimum Gasteiger partial charge on any atom is -0.493 e. The Morgan fingerprint density at radius 2 is 1.43 bits per heavy atom. The lowest BCUT2D eigenvalue weighted by Gasteiger charge is -2.41. The van der Waals surface area contributed by atoms with Gasteiger partial charge < -0.3 is 38.2 Å². The summed E-state index contributed by atoms with van der Waals surface area (Å²) in [5, 5.41) is 0. The molecule has 4 rings (SSSR count). The van der Waals surface area contributed by atoms with Crippen molar-refractivity contribution in [2.24, 2.45) is 0 Å². The van der Waals surface area contributed by atoms with Crippen LogP contribution < -0.4 is 23.7 Å². The maximum atomic E-state index is 13.9. The zero-order valence-corrected chi connectivity index (χ0v) is 24.1. The van der Waals surface area contributed by atoms with Gasteiger partial charge in [0.25, 0.3) is 5.91 Å². The van der Waals surface area contributed by atoms with Crippen molar-refractivity contribution in [3.05, 3.63) is 46.5 Å². The number of benzene rings is 2. The van der Waals surface area contributed by atoms with E-state index < -0.39 is 0 Å². The van der Waals surface area contributed by atoms with Crippen LogP contribution >= 0.6 is 0 Å². The van der Waals surface area contributed by atoms with E-state index in [1.807, 2.05) is 23.1 Å². The molecular formula is C30H38N2O8. The number of hydrogen-bond acceptors (Lipinski definition) is 8. The van der Waals surface area contributed by atoms with E-state index in [1.165, 1.54) is 21.3 Å². The van der Waals surface area contributed by atoms with Crippen LogP contribution in [0, 0.1) is 0 Å². The molecule has 2 amide bonds. The molecule has 10 nitrogen and oxygen atoms in total. The lowest BCUT2D eigenvalue weighted by Crippen LogP contribution is -2.58. The average molecular weight is 555 g/mol. The number of hydrogen-bond donors (Lipinski definition) is 0. The second-order valence-electron chi connectivity index (χ2n) is 9.70. The third-order valence-electron chi connectivity index (χ3n) is 7.44. The summed E-state index contributed by atoms with van der Waals surface area (Å²) in [5.74, 6) is 2.31. The van der Waals surface area contributed by atoms with E-state index in [1.54, 1.807) is 38.4 Å². The summed E-state index contributed by atoms with van der Waals surface area (Å²) in [6, 6.07) is 6.89. The molecule has 0 N–H and O–H groups in total. The van der Waals surface area contributed by atoms with Gasteiger partial charge in [0.05, 0.1) is 48.2 Å². The van der Waals surface area contributed by atoms with Gasteiger partial charge in [-0.2, -0.15) is 0 Å². The van der Waals surface area contributed by atoms with Crippen molar-refractivity contribution in [2.75, 3.05) is 68.9 Å². The van der Waals surface area contributed by atoms with Crippen LogP contribution in [0.2, 0.25) is 0 Å². The molecule has 1 aliphatic heterocycles. The predicted octanol–water partition coefficient (Wildman–Crippen LogP) is 3.45. The molecular weight excluding hydrogens is 516 g/mol. The molecule has 2 aliphatic rings. The first-order valence-corrected chi connectivity index (χ1v) is 13.2. The minimum absolute atomic E-state index is 0.0374. The summed E-state index contributed by atoms with van der Waals surface area (Å²) in [6.07, 6.45) is 4.29. The van der Waals surface area contributed by atoms with Crippen LogP contribution in [-0.2, 0) is 16.0 Å². The standard InChI is InChI=1S/C30H38N2O8/c1-35-18-23-17-31(29(33)22-15-26(38-4)28(40-6)27(16-22)39-5)10-11-32(23)30(34)20-9-7-8-19-13-24(36-2)25(37-3)14-21(19)12-20/h12-16,23H,7-11,17-18H2,1-6H3. The fraction of sp³-hybridized carbons (Fsp3) is 0.467. The van der Waals surface area contributed by atoms with E-state index in [4.69, 9.17) is 28.4 Å². The highest BCUT2D eigenvalue weighted by Gasteiger charge is 2.35. The third-order valence-corrected chi connectivity index (χ3v) is 7.44. The molecule has 0 aromatic heterocycles. The first-order valence-electron chi connectivity index (χ1n) is 13.2. The lowest BCUT2D eigenvalue weighted by atomic mass is 10.0. The lowest BCUT2D eigenvalue weighted by molar-refractivity contribution is -0.133. The molecule has 1 aliphatic carbocycles. The van der Waals surface area contributed by atoms with Gasteiger partial charge in [0.2, 0.25) is 11.7 Å². The van der Waals surface area contributed by atoms with Crippen molar-refractivity contribution in [2.45, 2.75) is 25.3 Å². The van der Waals surface area contributed by atoms with E-state index in [0.29, 0.717) is 67.0 Å². The smallest absolute Gasteiger partial charge is 0.254 e. The van der Waals surface area contributed by atoms with Crippen LogP contribution in [0.5, 0.6) is 28.7 Å². The molecule has 2 aromatic rings. The van der Waals surface area contributed by atoms with Crippen molar-refractivity contribution in [1.82, 2.24) is 9.80 Å². The highest BCUT2D eigenvalue weighted by atomic mass is 16.5. The Morgan fingerprint density at radius 1 is 0.775 bits per heavy atom. The Morgan fingerprint density at radius 3 is 2.02 bits per heavy atom. The Kier molecular flexibility index (Phi) is 9.42. The summed E-state index contributed by atoms with van der Waals surface area (Å²) >= 11 is 0. The van der Waals surface area contributed by atoms with Crippen LogP contribution in [0.1, 0.15) is 34.3 Å². The Hall–Kier alpha value is -3.92. The van der Waals surface area contributed by atoms with Crippen molar-refractivity contribution in [3.8, 4) is 28.7 Å².